The Bertz CT molecular complexity index is 2090. The average molecular weight is 619 g/mol. The van der Waals surface area contributed by atoms with Gasteiger partial charge in [-0.3, -0.25) is 9.59 Å². The lowest BCUT2D eigenvalue weighted by atomic mass is 10.1. The summed E-state index contributed by atoms with van der Waals surface area (Å²) in [7, 11) is -7.34. The van der Waals surface area contributed by atoms with Crippen LogP contribution in [0.25, 0.3) is 22.3 Å². The molecular weight excluding hydrogens is 588 g/mol. The van der Waals surface area contributed by atoms with Gasteiger partial charge < -0.3 is 0 Å². The van der Waals surface area contributed by atoms with Gasteiger partial charge in [-0.15, -0.1) is 0 Å². The van der Waals surface area contributed by atoms with Crippen molar-refractivity contribution in [3.63, 3.8) is 0 Å². The zero-order chi connectivity index (χ0) is 31.4. The summed E-state index contributed by atoms with van der Waals surface area (Å²) in [6.07, 6.45) is 2.08. The first kappa shape index (κ1) is 31.3. The zero-order valence-corrected chi connectivity index (χ0v) is 25.6. The first-order valence-corrected chi connectivity index (χ1v) is 16.8. The summed E-state index contributed by atoms with van der Waals surface area (Å²) in [6.45, 7) is 3.60. The van der Waals surface area contributed by atoms with Gasteiger partial charge in [-0.05, 0) is 30.5 Å². The van der Waals surface area contributed by atoms with Crippen LogP contribution in [0.1, 0.15) is 17.0 Å². The third-order valence-electron chi connectivity index (χ3n) is 6.45. The van der Waals surface area contributed by atoms with E-state index in [1.54, 1.807) is 62.4 Å². The van der Waals surface area contributed by atoms with Crippen LogP contribution in [-0.2, 0) is 26.2 Å². The van der Waals surface area contributed by atoms with Crippen molar-refractivity contribution < 1.29 is 16.8 Å². The number of nitrogens with one attached hydrogen (secondary N) is 1. The number of nitrogens with zero attached hydrogens (tertiary/aromatic N) is 3. The summed E-state index contributed by atoms with van der Waals surface area (Å²) >= 11 is 0. The van der Waals surface area contributed by atoms with Crippen molar-refractivity contribution >= 4 is 19.7 Å². The SMILES string of the molecule is Cc1n[nH]c(=O)c(S(C)(=O)=O)c1-c1ccccc1.Cc1nn(Cc2ccccc2)c(=O)c(S(C)(=O)=O)c1-c1ccccc1. The van der Waals surface area contributed by atoms with Gasteiger partial charge in [-0.2, -0.15) is 10.2 Å². The highest BCUT2D eigenvalue weighted by Gasteiger charge is 2.24. The molecule has 2 heterocycles. The fraction of sp³-hybridized carbons (Fsp3) is 0.161. The van der Waals surface area contributed by atoms with Gasteiger partial charge in [0.2, 0.25) is 0 Å². The van der Waals surface area contributed by atoms with Gasteiger partial charge in [0.15, 0.2) is 19.7 Å². The van der Waals surface area contributed by atoms with Gasteiger partial charge in [0, 0.05) is 23.6 Å². The average Bonchev–Trinajstić information content (AvgIpc) is 2.96. The Labute approximate surface area is 249 Å². The van der Waals surface area contributed by atoms with Crippen LogP contribution in [0, 0.1) is 13.8 Å². The third-order valence-corrected chi connectivity index (χ3v) is 8.70. The van der Waals surface area contributed by atoms with E-state index in [9.17, 15) is 26.4 Å². The fourth-order valence-electron chi connectivity index (χ4n) is 4.63. The van der Waals surface area contributed by atoms with Crippen LogP contribution >= 0.6 is 0 Å². The van der Waals surface area contributed by atoms with E-state index in [1.165, 1.54) is 4.68 Å². The molecule has 0 atom stereocenters. The molecule has 0 aliphatic heterocycles. The molecule has 2 aromatic heterocycles. The number of sulfone groups is 2. The molecule has 3 aromatic carbocycles. The van der Waals surface area contributed by atoms with Crippen LogP contribution in [0.3, 0.4) is 0 Å². The van der Waals surface area contributed by atoms with E-state index < -0.39 is 30.8 Å². The summed E-state index contributed by atoms with van der Waals surface area (Å²) in [4.78, 5) is 24.2. The lowest BCUT2D eigenvalue weighted by Crippen LogP contribution is -2.30. The van der Waals surface area contributed by atoms with Gasteiger partial charge in [0.05, 0.1) is 17.9 Å². The first-order chi connectivity index (χ1) is 20.3. The summed E-state index contributed by atoms with van der Waals surface area (Å²) in [5, 5.41) is 10.4. The van der Waals surface area contributed by atoms with Crippen LogP contribution in [0.2, 0.25) is 0 Å². The summed E-state index contributed by atoms with van der Waals surface area (Å²) < 4.78 is 49.4. The van der Waals surface area contributed by atoms with E-state index in [2.05, 4.69) is 15.3 Å². The van der Waals surface area contributed by atoms with Crippen molar-refractivity contribution in [1.82, 2.24) is 20.0 Å². The van der Waals surface area contributed by atoms with Crippen LogP contribution in [0.4, 0.5) is 0 Å². The minimum absolute atomic E-state index is 0.206. The molecule has 222 valence electrons. The number of benzene rings is 3. The molecule has 5 rings (SSSR count). The molecule has 12 heteroatoms. The van der Waals surface area contributed by atoms with Crippen molar-refractivity contribution in [2.45, 2.75) is 30.2 Å². The quantitative estimate of drug-likeness (QED) is 0.302. The van der Waals surface area contributed by atoms with Gasteiger partial charge in [-0.25, -0.2) is 26.6 Å². The maximum absolute atomic E-state index is 12.9. The maximum Gasteiger partial charge on any atom is 0.286 e. The number of aromatic nitrogens is 4. The molecule has 0 bridgehead atoms. The smallest absolute Gasteiger partial charge is 0.267 e. The van der Waals surface area contributed by atoms with Crippen molar-refractivity contribution in [2.24, 2.45) is 0 Å². The van der Waals surface area contributed by atoms with Crippen molar-refractivity contribution in [2.75, 3.05) is 12.5 Å². The van der Waals surface area contributed by atoms with E-state index in [4.69, 9.17) is 0 Å². The molecule has 0 saturated heterocycles. The van der Waals surface area contributed by atoms with E-state index in [0.717, 1.165) is 18.1 Å². The Morgan fingerprint density at radius 3 is 1.56 bits per heavy atom. The maximum atomic E-state index is 12.9. The Balaban J connectivity index is 0.000000208. The van der Waals surface area contributed by atoms with Crippen LogP contribution in [0.5, 0.6) is 0 Å². The second-order valence-corrected chi connectivity index (χ2v) is 13.8. The number of aryl methyl sites for hydroxylation is 2. The number of H-pyrrole nitrogens is 1. The third kappa shape index (κ3) is 7.22. The van der Waals surface area contributed by atoms with Gasteiger partial charge in [0.25, 0.3) is 11.1 Å². The molecule has 0 spiro atoms. The summed E-state index contributed by atoms with van der Waals surface area (Å²) in [5.41, 5.74) is 2.62. The number of aromatic amines is 1. The number of hydrogen-bond acceptors (Lipinski definition) is 8. The lowest BCUT2D eigenvalue weighted by molar-refractivity contribution is 0.583. The molecule has 5 aromatic rings. The Morgan fingerprint density at radius 2 is 1.09 bits per heavy atom. The molecular formula is C31H30N4O6S2. The highest BCUT2D eigenvalue weighted by atomic mass is 32.2. The summed E-state index contributed by atoms with van der Waals surface area (Å²) in [5.74, 6) is 0. The fourth-order valence-corrected chi connectivity index (χ4v) is 6.71. The van der Waals surface area contributed by atoms with E-state index in [-0.39, 0.29) is 16.3 Å². The zero-order valence-electron chi connectivity index (χ0n) is 24.0. The standard InChI is InChI=1S/C19H18N2O3S.C12H12N2O3S/c1-14-17(16-11-7-4-8-12-16)18(25(2,23)24)19(22)21(20-14)13-15-9-5-3-6-10-15;1-8-10(9-6-4-3-5-7-9)11(18(2,16)17)12(15)14-13-8/h3-12H,13H2,1-2H3;3-7H,1-2H3,(H,14,15). The van der Waals surface area contributed by atoms with Gasteiger partial charge >= 0.3 is 0 Å². The Morgan fingerprint density at radius 1 is 0.651 bits per heavy atom. The second kappa shape index (κ2) is 12.7. The molecule has 0 aliphatic carbocycles. The van der Waals surface area contributed by atoms with Gasteiger partial charge in [-0.1, -0.05) is 91.0 Å². The van der Waals surface area contributed by atoms with Crippen molar-refractivity contribution in [1.29, 1.82) is 0 Å². The van der Waals surface area contributed by atoms with Crippen LogP contribution in [0.15, 0.2) is 110 Å². The lowest BCUT2D eigenvalue weighted by Gasteiger charge is -2.14. The molecule has 0 aliphatic rings. The molecule has 0 fully saturated rings. The minimum atomic E-state index is -3.72. The van der Waals surface area contributed by atoms with Gasteiger partial charge in [0.1, 0.15) is 9.79 Å². The summed E-state index contributed by atoms with van der Waals surface area (Å²) in [6, 6.07) is 27.2. The molecule has 0 saturated carbocycles. The van der Waals surface area contributed by atoms with E-state index >= 15 is 0 Å². The Hall–Kier alpha value is -4.68. The van der Waals surface area contributed by atoms with Crippen LogP contribution < -0.4 is 11.1 Å². The molecule has 0 radical (unpaired) electrons. The monoisotopic (exact) mass is 618 g/mol. The largest absolute Gasteiger partial charge is 0.286 e. The number of hydrogen-bond donors (Lipinski definition) is 1. The molecule has 0 amide bonds. The highest BCUT2D eigenvalue weighted by Crippen LogP contribution is 2.28. The van der Waals surface area contributed by atoms with Crippen LogP contribution in [-0.4, -0.2) is 49.3 Å². The van der Waals surface area contributed by atoms with Crippen molar-refractivity contribution in [3.05, 3.63) is 129 Å². The normalized spacial score (nSPS) is 11.4. The molecule has 43 heavy (non-hydrogen) atoms. The minimum Gasteiger partial charge on any atom is -0.267 e. The first-order valence-electron chi connectivity index (χ1n) is 13.0. The topological polar surface area (TPSA) is 149 Å². The molecule has 0 unspecified atom stereocenters. The predicted octanol–water partition coefficient (Wildman–Crippen LogP) is 3.82. The van der Waals surface area contributed by atoms with Crippen molar-refractivity contribution in [3.8, 4) is 22.3 Å². The Kier molecular flexibility index (Phi) is 9.22. The second-order valence-electron chi connectivity index (χ2n) is 9.86. The van der Waals surface area contributed by atoms with E-state index in [1.807, 2.05) is 42.5 Å². The van der Waals surface area contributed by atoms with E-state index in [0.29, 0.717) is 33.6 Å². The molecule has 10 nitrogen and oxygen atoms in total. The molecule has 1 N–H and O–H groups in total. The predicted molar refractivity (Wildman–Crippen MR) is 165 cm³/mol. The number of rotatable bonds is 6. The highest BCUT2D eigenvalue weighted by molar-refractivity contribution is 7.91.